The van der Waals surface area contributed by atoms with E-state index in [9.17, 15) is 14.4 Å². The Morgan fingerprint density at radius 1 is 1.00 bits per heavy atom. The van der Waals surface area contributed by atoms with Crippen LogP contribution in [0.25, 0.3) is 0 Å². The molecule has 212 valence electrons. The summed E-state index contributed by atoms with van der Waals surface area (Å²) in [6.07, 6.45) is 1.79. The molecule has 2 saturated heterocycles. The van der Waals surface area contributed by atoms with Crippen molar-refractivity contribution >= 4 is 29.2 Å². The minimum Gasteiger partial charge on any atom is -0.481 e. The molecular weight excluding hydrogens is 526 g/mol. The van der Waals surface area contributed by atoms with E-state index in [0.29, 0.717) is 29.2 Å². The summed E-state index contributed by atoms with van der Waals surface area (Å²) in [5.74, 6) is 0.0239. The third kappa shape index (κ3) is 5.43. The number of hydroxylamine groups is 1. The van der Waals surface area contributed by atoms with Gasteiger partial charge in [0, 0.05) is 57.4 Å². The van der Waals surface area contributed by atoms with Crippen LogP contribution in [0.3, 0.4) is 0 Å². The lowest BCUT2D eigenvalue weighted by Crippen LogP contribution is -2.53. The number of anilines is 2. The van der Waals surface area contributed by atoms with Crippen molar-refractivity contribution in [2.75, 3.05) is 50.1 Å². The number of aromatic nitrogens is 2. The number of piperazine rings is 1. The maximum atomic E-state index is 13.3. The van der Waals surface area contributed by atoms with Gasteiger partial charge in [-0.25, -0.2) is 15.4 Å². The highest BCUT2D eigenvalue weighted by Gasteiger charge is 2.45. The van der Waals surface area contributed by atoms with Gasteiger partial charge in [-0.3, -0.25) is 29.0 Å². The van der Waals surface area contributed by atoms with Crippen LogP contribution in [0, 0.1) is 0 Å². The monoisotopic (exact) mass is 557 g/mol. The number of nitrogens with zero attached hydrogens (tertiary/aromatic N) is 5. The number of imide groups is 1. The standard InChI is InChI=1S/C29H31N7O5/c1-40-25-15-24(31-18-32-25)35-12-10-34(11-13-35)17-20-7-5-19(6-8-20)16-30-22-4-2-3-21-26(22)29(39)36(28(21)38)23-9-14-41-33-27(23)37/h2-8,15,18,23,30H,9-14,16-17H2,1H3,(H,33,37). The van der Waals surface area contributed by atoms with E-state index in [-0.39, 0.29) is 13.0 Å². The number of ether oxygens (including phenoxy) is 1. The molecule has 0 aliphatic carbocycles. The predicted octanol–water partition coefficient (Wildman–Crippen LogP) is 1.84. The number of fused-ring (bicyclic) bond motifs is 1. The molecule has 12 nitrogen and oxygen atoms in total. The van der Waals surface area contributed by atoms with Gasteiger partial charge in [0.05, 0.1) is 24.8 Å². The van der Waals surface area contributed by atoms with Gasteiger partial charge in [-0.2, -0.15) is 0 Å². The van der Waals surface area contributed by atoms with Crippen molar-refractivity contribution in [1.82, 2.24) is 25.2 Å². The van der Waals surface area contributed by atoms with Gasteiger partial charge in [-0.05, 0) is 23.3 Å². The van der Waals surface area contributed by atoms with Crippen molar-refractivity contribution in [3.63, 3.8) is 0 Å². The van der Waals surface area contributed by atoms with E-state index in [1.165, 1.54) is 11.9 Å². The van der Waals surface area contributed by atoms with Crippen LogP contribution in [-0.2, 0) is 22.7 Å². The van der Waals surface area contributed by atoms with Crippen LogP contribution in [-0.4, -0.2) is 83.4 Å². The molecule has 3 aromatic rings. The zero-order valence-electron chi connectivity index (χ0n) is 22.7. The van der Waals surface area contributed by atoms with Gasteiger partial charge < -0.3 is 15.0 Å². The van der Waals surface area contributed by atoms with Crippen LogP contribution in [0.2, 0.25) is 0 Å². The van der Waals surface area contributed by atoms with Crippen LogP contribution in [0.4, 0.5) is 11.5 Å². The molecule has 1 aromatic heterocycles. The Morgan fingerprint density at radius 2 is 1.78 bits per heavy atom. The first-order valence-electron chi connectivity index (χ1n) is 13.6. The highest BCUT2D eigenvalue weighted by atomic mass is 16.7. The van der Waals surface area contributed by atoms with Crippen molar-refractivity contribution in [3.05, 3.63) is 77.1 Å². The lowest BCUT2D eigenvalue weighted by atomic mass is 10.1. The maximum Gasteiger partial charge on any atom is 0.266 e. The van der Waals surface area contributed by atoms with Crippen molar-refractivity contribution in [3.8, 4) is 5.88 Å². The number of benzene rings is 2. The van der Waals surface area contributed by atoms with Gasteiger partial charge >= 0.3 is 0 Å². The summed E-state index contributed by atoms with van der Waals surface area (Å²) >= 11 is 0. The molecule has 1 unspecified atom stereocenters. The second-order valence-electron chi connectivity index (χ2n) is 10.2. The molecule has 2 N–H and O–H groups in total. The summed E-state index contributed by atoms with van der Waals surface area (Å²) in [7, 11) is 1.60. The van der Waals surface area contributed by atoms with Crippen LogP contribution in [0.15, 0.2) is 54.9 Å². The first-order chi connectivity index (χ1) is 20.0. The Hall–Kier alpha value is -4.55. The number of rotatable bonds is 8. The molecule has 2 aromatic carbocycles. The fourth-order valence-electron chi connectivity index (χ4n) is 5.44. The largest absolute Gasteiger partial charge is 0.481 e. The van der Waals surface area contributed by atoms with Gasteiger partial charge in [-0.1, -0.05) is 30.3 Å². The lowest BCUT2D eigenvalue weighted by Gasteiger charge is -2.35. The van der Waals surface area contributed by atoms with Crippen molar-refractivity contribution in [2.45, 2.75) is 25.6 Å². The van der Waals surface area contributed by atoms with Gasteiger partial charge in [0.25, 0.3) is 17.7 Å². The summed E-state index contributed by atoms with van der Waals surface area (Å²) in [6.45, 7) is 5.18. The Balaban J connectivity index is 1.04. The molecule has 3 aliphatic rings. The fraction of sp³-hybridized carbons (Fsp3) is 0.345. The first-order valence-corrected chi connectivity index (χ1v) is 13.6. The van der Waals surface area contributed by atoms with E-state index in [1.54, 1.807) is 25.3 Å². The number of carbonyl (C=O) groups excluding carboxylic acids is 3. The quantitative estimate of drug-likeness (QED) is 0.396. The molecule has 3 aliphatic heterocycles. The van der Waals surface area contributed by atoms with Gasteiger partial charge in [-0.15, -0.1) is 0 Å². The average molecular weight is 558 g/mol. The van der Waals surface area contributed by atoms with E-state index in [0.717, 1.165) is 49.0 Å². The van der Waals surface area contributed by atoms with E-state index >= 15 is 0 Å². The third-order valence-electron chi connectivity index (χ3n) is 7.67. The van der Waals surface area contributed by atoms with Crippen LogP contribution in [0.1, 0.15) is 38.3 Å². The van der Waals surface area contributed by atoms with Gasteiger partial charge in [0.1, 0.15) is 18.2 Å². The van der Waals surface area contributed by atoms with E-state index < -0.39 is 23.8 Å². The summed E-state index contributed by atoms with van der Waals surface area (Å²) in [6, 6.07) is 14.5. The topological polar surface area (TPSA) is 129 Å². The van der Waals surface area contributed by atoms with Gasteiger partial charge in [0.15, 0.2) is 0 Å². The van der Waals surface area contributed by atoms with E-state index in [4.69, 9.17) is 9.57 Å². The van der Waals surface area contributed by atoms with Crippen molar-refractivity contribution in [2.24, 2.45) is 0 Å². The number of nitrogens with one attached hydrogen (secondary N) is 2. The Bertz CT molecular complexity index is 1460. The summed E-state index contributed by atoms with van der Waals surface area (Å²) < 4.78 is 5.22. The summed E-state index contributed by atoms with van der Waals surface area (Å²) in [5, 5.41) is 3.32. The molecule has 6 rings (SSSR count). The lowest BCUT2D eigenvalue weighted by molar-refractivity contribution is -0.145. The van der Waals surface area contributed by atoms with Crippen molar-refractivity contribution in [1.29, 1.82) is 0 Å². The number of methoxy groups -OCH3 is 1. The highest BCUT2D eigenvalue weighted by Crippen LogP contribution is 2.32. The third-order valence-corrected chi connectivity index (χ3v) is 7.67. The number of amides is 3. The molecule has 0 radical (unpaired) electrons. The molecule has 0 bridgehead atoms. The minimum atomic E-state index is -0.879. The maximum absolute atomic E-state index is 13.3. The normalized spacial score (nSPS) is 19.2. The van der Waals surface area contributed by atoms with Crippen LogP contribution < -0.4 is 20.4 Å². The predicted molar refractivity (Wildman–Crippen MR) is 149 cm³/mol. The summed E-state index contributed by atoms with van der Waals surface area (Å²) in [5.41, 5.74) is 5.70. The fourth-order valence-corrected chi connectivity index (χ4v) is 5.44. The molecule has 12 heteroatoms. The Labute approximate surface area is 237 Å². The minimum absolute atomic E-state index is 0.236. The smallest absolute Gasteiger partial charge is 0.266 e. The SMILES string of the molecule is COc1cc(N2CCN(Cc3ccc(CNc4cccc5c4C(=O)N(C4CCONC4=O)C5=O)cc3)CC2)ncn1. The summed E-state index contributed by atoms with van der Waals surface area (Å²) in [4.78, 5) is 57.7. The Kier molecular flexibility index (Phi) is 7.49. The molecule has 0 spiro atoms. The molecule has 0 saturated carbocycles. The second kappa shape index (κ2) is 11.5. The zero-order valence-corrected chi connectivity index (χ0v) is 22.7. The van der Waals surface area contributed by atoms with E-state index in [2.05, 4.69) is 54.8 Å². The molecule has 4 heterocycles. The van der Waals surface area contributed by atoms with Crippen LogP contribution in [0.5, 0.6) is 5.88 Å². The zero-order chi connectivity index (χ0) is 28.3. The molecule has 41 heavy (non-hydrogen) atoms. The molecule has 1 atom stereocenters. The average Bonchev–Trinajstić information content (AvgIpc) is 3.27. The number of hydrogen-bond donors (Lipinski definition) is 2. The highest BCUT2D eigenvalue weighted by molar-refractivity contribution is 6.25. The van der Waals surface area contributed by atoms with Gasteiger partial charge in [0.2, 0.25) is 5.88 Å². The van der Waals surface area contributed by atoms with E-state index in [1.807, 2.05) is 6.07 Å². The molecule has 2 fully saturated rings. The second-order valence-corrected chi connectivity index (χ2v) is 10.2. The Morgan fingerprint density at radius 3 is 2.54 bits per heavy atom. The number of carbonyl (C=O) groups is 3. The number of hydrogen-bond acceptors (Lipinski definition) is 10. The van der Waals surface area contributed by atoms with Crippen LogP contribution >= 0.6 is 0 Å². The molecule has 3 amide bonds. The first kappa shape index (κ1) is 26.7. The van der Waals surface area contributed by atoms with Crippen molar-refractivity contribution < 1.29 is 24.0 Å². The molecular formula is C29H31N7O5.